The second-order valence-corrected chi connectivity index (χ2v) is 5.93. The first-order valence-electron chi connectivity index (χ1n) is 7.19. The number of halogens is 2. The normalized spacial score (nSPS) is 13.6. The van der Waals surface area contributed by atoms with Gasteiger partial charge < -0.3 is 14.8 Å². The van der Waals surface area contributed by atoms with Crippen LogP contribution in [0.3, 0.4) is 0 Å². The van der Waals surface area contributed by atoms with Crippen molar-refractivity contribution >= 4 is 34.9 Å². The zero-order valence-electron chi connectivity index (χ0n) is 12.6. The summed E-state index contributed by atoms with van der Waals surface area (Å²) in [5.41, 5.74) is 3.80. The van der Waals surface area contributed by atoms with Crippen LogP contribution in [0, 0.1) is 0 Å². The minimum atomic E-state index is 0.469. The molecule has 1 heterocycles. The molecule has 0 saturated carbocycles. The summed E-state index contributed by atoms with van der Waals surface area (Å²) in [6.07, 6.45) is 0. The molecule has 0 aliphatic carbocycles. The molecule has 0 radical (unpaired) electrons. The number of nitrogens with zero attached hydrogens (tertiary/aromatic N) is 1. The standard InChI is InChI=1S/C17H16Cl2N2O2/c1-22-10-12-8-16(21-17-20-6-7-23-17)15(19)9-14(12)11-2-4-13(18)5-3-11/h2-5,8-9H,6-7,10H2,1H3,(H,20,21). The Bertz CT molecular complexity index is 730. The maximum Gasteiger partial charge on any atom is 0.289 e. The fourth-order valence-corrected chi connectivity index (χ4v) is 2.75. The summed E-state index contributed by atoms with van der Waals surface area (Å²) in [6.45, 7) is 1.72. The van der Waals surface area contributed by atoms with Crippen LogP contribution in [0.1, 0.15) is 5.56 Å². The number of amidine groups is 1. The van der Waals surface area contributed by atoms with Gasteiger partial charge in [0.05, 0.1) is 23.9 Å². The predicted molar refractivity (Wildman–Crippen MR) is 94.5 cm³/mol. The number of nitrogens with one attached hydrogen (secondary N) is 1. The van der Waals surface area contributed by atoms with Gasteiger partial charge in [-0.05, 0) is 41.0 Å². The van der Waals surface area contributed by atoms with Crippen LogP contribution in [0.5, 0.6) is 0 Å². The van der Waals surface area contributed by atoms with E-state index < -0.39 is 0 Å². The largest absolute Gasteiger partial charge is 0.463 e. The van der Waals surface area contributed by atoms with Gasteiger partial charge in [0.25, 0.3) is 6.02 Å². The highest BCUT2D eigenvalue weighted by Crippen LogP contribution is 2.33. The van der Waals surface area contributed by atoms with E-state index >= 15 is 0 Å². The molecular weight excluding hydrogens is 335 g/mol. The molecule has 0 aromatic heterocycles. The lowest BCUT2D eigenvalue weighted by Crippen LogP contribution is -2.12. The van der Waals surface area contributed by atoms with Crippen molar-refractivity contribution in [1.82, 2.24) is 0 Å². The third kappa shape index (κ3) is 3.78. The molecule has 1 aliphatic rings. The van der Waals surface area contributed by atoms with Gasteiger partial charge in [0, 0.05) is 12.1 Å². The van der Waals surface area contributed by atoms with Crippen molar-refractivity contribution < 1.29 is 9.47 Å². The summed E-state index contributed by atoms with van der Waals surface area (Å²) in [6, 6.07) is 12.0. The number of aliphatic imine (C=N–C) groups is 1. The fraction of sp³-hybridized carbons (Fsp3) is 0.235. The molecule has 0 saturated heterocycles. The van der Waals surface area contributed by atoms with Crippen molar-refractivity contribution in [3.63, 3.8) is 0 Å². The third-order valence-electron chi connectivity index (χ3n) is 3.48. The van der Waals surface area contributed by atoms with Crippen molar-refractivity contribution in [3.8, 4) is 11.1 Å². The maximum absolute atomic E-state index is 6.42. The number of anilines is 1. The fourth-order valence-electron chi connectivity index (χ4n) is 2.41. The average Bonchev–Trinajstić information content (AvgIpc) is 3.04. The molecule has 2 aromatic rings. The van der Waals surface area contributed by atoms with Crippen LogP contribution in [-0.2, 0) is 16.1 Å². The number of rotatable bonds is 4. The summed E-state index contributed by atoms with van der Waals surface area (Å²) in [5.74, 6) is 0. The Labute approximate surface area is 145 Å². The van der Waals surface area contributed by atoms with Gasteiger partial charge in [0.1, 0.15) is 6.61 Å². The van der Waals surface area contributed by atoms with E-state index in [1.165, 1.54) is 0 Å². The van der Waals surface area contributed by atoms with Crippen molar-refractivity contribution in [2.24, 2.45) is 4.99 Å². The smallest absolute Gasteiger partial charge is 0.289 e. The monoisotopic (exact) mass is 350 g/mol. The Hall–Kier alpha value is -1.75. The number of benzene rings is 2. The Morgan fingerprint density at radius 2 is 2.00 bits per heavy atom. The molecule has 0 unspecified atom stereocenters. The van der Waals surface area contributed by atoms with E-state index in [4.69, 9.17) is 32.7 Å². The van der Waals surface area contributed by atoms with Crippen LogP contribution >= 0.6 is 23.2 Å². The summed E-state index contributed by atoms with van der Waals surface area (Å²) in [7, 11) is 1.66. The van der Waals surface area contributed by atoms with Gasteiger partial charge in [-0.15, -0.1) is 0 Å². The van der Waals surface area contributed by atoms with Gasteiger partial charge in [0.15, 0.2) is 0 Å². The number of hydrogen-bond donors (Lipinski definition) is 1. The molecule has 23 heavy (non-hydrogen) atoms. The van der Waals surface area contributed by atoms with Gasteiger partial charge in [-0.1, -0.05) is 35.3 Å². The van der Waals surface area contributed by atoms with E-state index in [1.54, 1.807) is 7.11 Å². The molecule has 0 fully saturated rings. The number of ether oxygens (including phenoxy) is 2. The van der Waals surface area contributed by atoms with Crippen LogP contribution in [-0.4, -0.2) is 26.3 Å². The van der Waals surface area contributed by atoms with E-state index in [9.17, 15) is 0 Å². The van der Waals surface area contributed by atoms with E-state index in [0.717, 1.165) is 22.4 Å². The second-order valence-electron chi connectivity index (χ2n) is 5.09. The first-order chi connectivity index (χ1) is 11.2. The molecule has 0 amide bonds. The summed E-state index contributed by atoms with van der Waals surface area (Å²) < 4.78 is 10.7. The van der Waals surface area contributed by atoms with Crippen molar-refractivity contribution in [2.45, 2.75) is 6.61 Å². The lowest BCUT2D eigenvalue weighted by atomic mass is 9.99. The van der Waals surface area contributed by atoms with Crippen LogP contribution < -0.4 is 5.32 Å². The molecule has 1 N–H and O–H groups in total. The Morgan fingerprint density at radius 3 is 2.65 bits per heavy atom. The zero-order valence-corrected chi connectivity index (χ0v) is 14.1. The van der Waals surface area contributed by atoms with Gasteiger partial charge in [-0.3, -0.25) is 0 Å². The van der Waals surface area contributed by atoms with E-state index in [2.05, 4.69) is 10.3 Å². The summed E-state index contributed by atoms with van der Waals surface area (Å²) in [5, 5.41) is 4.40. The average molecular weight is 351 g/mol. The number of methoxy groups -OCH3 is 1. The highest BCUT2D eigenvalue weighted by Gasteiger charge is 2.14. The first kappa shape index (κ1) is 16.1. The van der Waals surface area contributed by atoms with Crippen LogP contribution in [0.2, 0.25) is 10.0 Å². The van der Waals surface area contributed by atoms with E-state index in [-0.39, 0.29) is 0 Å². The summed E-state index contributed by atoms with van der Waals surface area (Å²) in [4.78, 5) is 4.22. The molecule has 0 atom stereocenters. The van der Waals surface area contributed by atoms with Crippen LogP contribution in [0.25, 0.3) is 11.1 Å². The van der Waals surface area contributed by atoms with Gasteiger partial charge >= 0.3 is 0 Å². The molecular formula is C17H16Cl2N2O2. The molecule has 6 heteroatoms. The quantitative estimate of drug-likeness (QED) is 0.875. The van der Waals surface area contributed by atoms with Crippen molar-refractivity contribution in [3.05, 3.63) is 52.0 Å². The van der Waals surface area contributed by atoms with E-state index in [1.807, 2.05) is 36.4 Å². The third-order valence-corrected chi connectivity index (χ3v) is 4.04. The molecule has 120 valence electrons. The van der Waals surface area contributed by atoms with Crippen LogP contribution in [0.4, 0.5) is 5.69 Å². The molecule has 1 aliphatic heterocycles. The van der Waals surface area contributed by atoms with Gasteiger partial charge in [-0.2, -0.15) is 0 Å². The topological polar surface area (TPSA) is 42.8 Å². The lowest BCUT2D eigenvalue weighted by molar-refractivity contribution is 0.185. The van der Waals surface area contributed by atoms with Crippen molar-refractivity contribution in [2.75, 3.05) is 25.6 Å². The van der Waals surface area contributed by atoms with Gasteiger partial charge in [-0.25, -0.2) is 4.99 Å². The second kappa shape index (κ2) is 7.21. The zero-order chi connectivity index (χ0) is 16.2. The highest BCUT2D eigenvalue weighted by molar-refractivity contribution is 6.34. The number of hydrogen-bond acceptors (Lipinski definition) is 4. The van der Waals surface area contributed by atoms with Gasteiger partial charge in [0.2, 0.25) is 0 Å². The first-order valence-corrected chi connectivity index (χ1v) is 7.94. The Balaban J connectivity index is 1.98. The predicted octanol–water partition coefficient (Wildman–Crippen LogP) is 4.60. The minimum Gasteiger partial charge on any atom is -0.463 e. The maximum atomic E-state index is 6.42. The van der Waals surface area contributed by atoms with Crippen molar-refractivity contribution in [1.29, 1.82) is 0 Å². The highest BCUT2D eigenvalue weighted by atomic mass is 35.5. The Morgan fingerprint density at radius 1 is 1.22 bits per heavy atom. The molecule has 0 bridgehead atoms. The minimum absolute atomic E-state index is 0.469. The molecule has 2 aromatic carbocycles. The lowest BCUT2D eigenvalue weighted by Gasteiger charge is -2.15. The SMILES string of the molecule is COCc1cc(NC2=NCCO2)c(Cl)cc1-c1ccc(Cl)cc1. The molecule has 0 spiro atoms. The molecule has 4 nitrogen and oxygen atoms in total. The summed E-state index contributed by atoms with van der Waals surface area (Å²) >= 11 is 12.4. The molecule has 3 rings (SSSR count). The Kier molecular flexibility index (Phi) is 5.06. The van der Waals surface area contributed by atoms with E-state index in [0.29, 0.717) is 35.8 Å². The van der Waals surface area contributed by atoms with Crippen LogP contribution in [0.15, 0.2) is 41.4 Å².